The number of hydrogen-bond acceptors (Lipinski definition) is 4. The number of benzene rings is 1. The Morgan fingerprint density at radius 1 is 1.22 bits per heavy atom. The third-order valence-electron chi connectivity index (χ3n) is 6.03. The number of carbonyl (C=O) groups excluding carboxylic acids is 1. The van der Waals surface area contributed by atoms with Crippen molar-refractivity contribution in [1.82, 2.24) is 14.8 Å². The van der Waals surface area contributed by atoms with E-state index in [0.29, 0.717) is 41.6 Å². The summed E-state index contributed by atoms with van der Waals surface area (Å²) in [6.45, 7) is 8.65. The zero-order chi connectivity index (χ0) is 18.4. The number of oxazole rings is 1. The molecule has 2 saturated heterocycles. The van der Waals surface area contributed by atoms with Crippen LogP contribution in [-0.2, 0) is 6.42 Å². The molecule has 3 heterocycles. The largest absolute Gasteiger partial charge is 0.435 e. The summed E-state index contributed by atoms with van der Waals surface area (Å²) in [6.07, 6.45) is 0.708. The molecule has 1 aromatic heterocycles. The number of aromatic nitrogens is 1. The summed E-state index contributed by atoms with van der Waals surface area (Å²) in [6, 6.07) is 9.00. The Hall–Kier alpha value is -1.85. The van der Waals surface area contributed by atoms with Gasteiger partial charge in [0.25, 0.3) is 5.91 Å². The van der Waals surface area contributed by atoms with Gasteiger partial charge in [-0.3, -0.25) is 9.69 Å². The highest BCUT2D eigenvalue weighted by atomic mass is 35.5. The lowest BCUT2D eigenvalue weighted by Gasteiger charge is -2.27. The second-order valence-electron chi connectivity index (χ2n) is 7.75. The number of amides is 1. The highest BCUT2D eigenvalue weighted by Crippen LogP contribution is 2.45. The van der Waals surface area contributed by atoms with Crippen LogP contribution in [0.1, 0.15) is 46.2 Å². The molecule has 0 spiro atoms. The van der Waals surface area contributed by atoms with Gasteiger partial charge in [-0.25, -0.2) is 4.98 Å². The minimum absolute atomic E-state index is 0. The van der Waals surface area contributed by atoms with E-state index >= 15 is 0 Å². The summed E-state index contributed by atoms with van der Waals surface area (Å²) >= 11 is 0. The summed E-state index contributed by atoms with van der Waals surface area (Å²) in [7, 11) is 2.20. The Labute approximate surface area is 167 Å². The fourth-order valence-corrected chi connectivity index (χ4v) is 4.76. The molecule has 2 aromatic rings. The van der Waals surface area contributed by atoms with E-state index in [2.05, 4.69) is 48.1 Å². The molecule has 2 aliphatic heterocycles. The molecule has 1 amide bonds. The average Bonchev–Trinajstić information content (AvgIpc) is 3.27. The molecule has 146 valence electrons. The van der Waals surface area contributed by atoms with Gasteiger partial charge in [0.1, 0.15) is 0 Å². The predicted molar refractivity (Wildman–Crippen MR) is 107 cm³/mol. The van der Waals surface area contributed by atoms with Crippen molar-refractivity contribution >= 4 is 18.3 Å². The Bertz CT molecular complexity index is 835. The molecule has 5 nitrogen and oxygen atoms in total. The van der Waals surface area contributed by atoms with E-state index < -0.39 is 0 Å². The zero-order valence-electron chi connectivity index (χ0n) is 16.4. The normalized spacial score (nSPS) is 24.7. The van der Waals surface area contributed by atoms with E-state index in [4.69, 9.17) is 4.42 Å². The smallest absolute Gasteiger partial charge is 0.291 e. The van der Waals surface area contributed by atoms with Gasteiger partial charge in [-0.2, -0.15) is 0 Å². The van der Waals surface area contributed by atoms with Crippen LogP contribution in [0.3, 0.4) is 0 Å². The van der Waals surface area contributed by atoms with Crippen LogP contribution in [0.4, 0.5) is 0 Å². The molecule has 3 atom stereocenters. The zero-order valence-corrected chi connectivity index (χ0v) is 17.3. The van der Waals surface area contributed by atoms with Gasteiger partial charge in [0.05, 0.1) is 5.69 Å². The second kappa shape index (κ2) is 7.64. The summed E-state index contributed by atoms with van der Waals surface area (Å²) in [5.41, 5.74) is 3.42. The Kier molecular flexibility index (Phi) is 5.63. The lowest BCUT2D eigenvalue weighted by molar-refractivity contribution is 0.0733. The maximum absolute atomic E-state index is 13.0. The van der Waals surface area contributed by atoms with Gasteiger partial charge in [-0.05, 0) is 37.9 Å². The first-order valence-corrected chi connectivity index (χ1v) is 9.51. The van der Waals surface area contributed by atoms with E-state index in [0.717, 1.165) is 19.6 Å². The first-order chi connectivity index (χ1) is 12.5. The highest BCUT2D eigenvalue weighted by molar-refractivity contribution is 5.92. The molecular formula is C21H28ClN3O2. The number of hydrogen-bond donors (Lipinski definition) is 0. The topological polar surface area (TPSA) is 49.6 Å². The molecule has 2 fully saturated rings. The van der Waals surface area contributed by atoms with Gasteiger partial charge in [0.2, 0.25) is 5.76 Å². The number of nitrogens with zero attached hydrogens (tertiary/aromatic N) is 3. The van der Waals surface area contributed by atoms with Crippen LogP contribution in [0.5, 0.6) is 0 Å². The maximum Gasteiger partial charge on any atom is 0.291 e. The SMILES string of the molecule is CCc1nc(C)c(C(=O)N2C[C@@H]3CN(C)[C@@H](c4ccccc4C)[C@@H]3C2)o1.Cl. The fourth-order valence-electron chi connectivity index (χ4n) is 4.76. The van der Waals surface area contributed by atoms with Crippen molar-refractivity contribution in [2.24, 2.45) is 11.8 Å². The second-order valence-corrected chi connectivity index (χ2v) is 7.75. The lowest BCUT2D eigenvalue weighted by Crippen LogP contribution is -2.33. The Morgan fingerprint density at radius 2 is 1.96 bits per heavy atom. The summed E-state index contributed by atoms with van der Waals surface area (Å²) in [5.74, 6) is 2.04. The maximum atomic E-state index is 13.0. The average molecular weight is 390 g/mol. The van der Waals surface area contributed by atoms with E-state index in [1.165, 1.54) is 11.1 Å². The molecule has 0 N–H and O–H groups in total. The van der Waals surface area contributed by atoms with Crippen molar-refractivity contribution in [3.63, 3.8) is 0 Å². The first kappa shape index (κ1) is 19.9. The fraction of sp³-hybridized carbons (Fsp3) is 0.524. The van der Waals surface area contributed by atoms with Crippen molar-refractivity contribution in [2.45, 2.75) is 33.2 Å². The van der Waals surface area contributed by atoms with Crippen molar-refractivity contribution in [3.05, 3.63) is 52.7 Å². The third kappa shape index (κ3) is 3.39. The van der Waals surface area contributed by atoms with E-state index in [-0.39, 0.29) is 18.3 Å². The standard InChI is InChI=1S/C21H27N3O2.ClH/c1-5-18-22-14(3)20(26-18)21(25)24-11-15-10-23(4)19(17(15)12-24)16-9-7-6-8-13(16)2;/h6-9,15,17,19H,5,10-12H2,1-4H3;1H/t15-,17+,19-;/m0./s1. The molecule has 0 bridgehead atoms. The van der Waals surface area contributed by atoms with Gasteiger partial charge < -0.3 is 9.32 Å². The number of rotatable bonds is 3. The Morgan fingerprint density at radius 3 is 2.63 bits per heavy atom. The summed E-state index contributed by atoms with van der Waals surface area (Å²) in [5, 5.41) is 0. The van der Waals surface area contributed by atoms with Gasteiger partial charge in [-0.1, -0.05) is 31.2 Å². The monoisotopic (exact) mass is 389 g/mol. The van der Waals surface area contributed by atoms with Crippen LogP contribution in [0.2, 0.25) is 0 Å². The Balaban J connectivity index is 0.00000210. The van der Waals surface area contributed by atoms with Crippen LogP contribution in [-0.4, -0.2) is 47.4 Å². The van der Waals surface area contributed by atoms with Crippen LogP contribution in [0.25, 0.3) is 0 Å². The minimum atomic E-state index is -0.00436. The van der Waals surface area contributed by atoms with E-state index in [1.807, 2.05) is 18.7 Å². The third-order valence-corrected chi connectivity index (χ3v) is 6.03. The quantitative estimate of drug-likeness (QED) is 0.803. The van der Waals surface area contributed by atoms with Crippen LogP contribution < -0.4 is 0 Å². The highest BCUT2D eigenvalue weighted by Gasteiger charge is 2.48. The lowest BCUT2D eigenvalue weighted by atomic mass is 9.88. The van der Waals surface area contributed by atoms with Crippen molar-refractivity contribution < 1.29 is 9.21 Å². The van der Waals surface area contributed by atoms with E-state index in [1.54, 1.807) is 0 Å². The van der Waals surface area contributed by atoms with Gasteiger partial charge in [0, 0.05) is 38.0 Å². The van der Waals surface area contributed by atoms with Gasteiger partial charge >= 0.3 is 0 Å². The molecule has 0 radical (unpaired) electrons. The molecule has 4 rings (SSSR count). The molecular weight excluding hydrogens is 362 g/mol. The molecule has 27 heavy (non-hydrogen) atoms. The predicted octanol–water partition coefficient (Wildman–Crippen LogP) is 3.65. The summed E-state index contributed by atoms with van der Waals surface area (Å²) < 4.78 is 5.70. The van der Waals surface area contributed by atoms with Crippen LogP contribution in [0.15, 0.2) is 28.7 Å². The van der Waals surface area contributed by atoms with Crippen molar-refractivity contribution in [1.29, 1.82) is 0 Å². The number of fused-ring (bicyclic) bond motifs is 1. The van der Waals surface area contributed by atoms with Crippen molar-refractivity contribution in [2.75, 3.05) is 26.7 Å². The molecule has 0 saturated carbocycles. The molecule has 1 aromatic carbocycles. The van der Waals surface area contributed by atoms with Crippen LogP contribution in [0, 0.1) is 25.7 Å². The molecule has 2 aliphatic rings. The van der Waals surface area contributed by atoms with Crippen LogP contribution >= 0.6 is 12.4 Å². The number of aryl methyl sites for hydroxylation is 3. The molecule has 0 aliphatic carbocycles. The number of halogens is 1. The van der Waals surface area contributed by atoms with E-state index in [9.17, 15) is 4.79 Å². The van der Waals surface area contributed by atoms with Gasteiger partial charge in [0.15, 0.2) is 5.89 Å². The molecule has 0 unspecified atom stereocenters. The summed E-state index contributed by atoms with van der Waals surface area (Å²) in [4.78, 5) is 21.8. The number of carbonyl (C=O) groups is 1. The minimum Gasteiger partial charge on any atom is -0.435 e. The number of likely N-dealkylation sites (tertiary alicyclic amines) is 2. The van der Waals surface area contributed by atoms with Gasteiger partial charge in [-0.15, -0.1) is 12.4 Å². The van der Waals surface area contributed by atoms with Crippen molar-refractivity contribution in [3.8, 4) is 0 Å². The molecule has 6 heteroatoms. The first-order valence-electron chi connectivity index (χ1n) is 9.51.